The van der Waals surface area contributed by atoms with Gasteiger partial charge in [-0.1, -0.05) is 18.2 Å². The molecule has 0 saturated carbocycles. The third kappa shape index (κ3) is 3.71. The molecule has 3 aromatic heterocycles. The van der Waals surface area contributed by atoms with Gasteiger partial charge in [0, 0.05) is 18.9 Å². The number of nitrogens with one attached hydrogen (secondary N) is 1. The molecule has 1 N–H and O–H groups in total. The van der Waals surface area contributed by atoms with E-state index in [1.54, 1.807) is 10.9 Å². The van der Waals surface area contributed by atoms with E-state index in [2.05, 4.69) is 20.1 Å². The van der Waals surface area contributed by atoms with Crippen molar-refractivity contribution in [1.82, 2.24) is 34.4 Å². The summed E-state index contributed by atoms with van der Waals surface area (Å²) in [4.78, 5) is 22.6. The summed E-state index contributed by atoms with van der Waals surface area (Å²) in [5.74, 6) is 1.32. The molecule has 0 atom stereocenters. The number of fused-ring (bicyclic) bond motifs is 1. The summed E-state index contributed by atoms with van der Waals surface area (Å²) in [7, 11) is 0. The van der Waals surface area contributed by atoms with Gasteiger partial charge in [-0.3, -0.25) is 14.4 Å². The van der Waals surface area contributed by atoms with Crippen molar-refractivity contribution in [3.63, 3.8) is 0 Å². The van der Waals surface area contributed by atoms with Crippen LogP contribution in [0.1, 0.15) is 18.7 Å². The van der Waals surface area contributed by atoms with Crippen molar-refractivity contribution in [2.24, 2.45) is 5.92 Å². The molecule has 8 nitrogen and oxygen atoms in total. The molecular weight excluding hydrogens is 366 g/mol. The van der Waals surface area contributed by atoms with Gasteiger partial charge in [0.05, 0.1) is 18.4 Å². The van der Waals surface area contributed by atoms with E-state index in [-0.39, 0.29) is 5.56 Å². The zero-order valence-corrected chi connectivity index (χ0v) is 16.1. The third-order valence-corrected chi connectivity index (χ3v) is 5.57. The third-order valence-electron chi connectivity index (χ3n) is 5.57. The van der Waals surface area contributed by atoms with E-state index in [1.165, 1.54) is 0 Å². The molecule has 1 saturated heterocycles. The highest BCUT2D eigenvalue weighted by atomic mass is 16.1. The first-order valence-electron chi connectivity index (χ1n) is 9.98. The van der Waals surface area contributed by atoms with Crippen molar-refractivity contribution >= 4 is 11.0 Å². The minimum absolute atomic E-state index is 0.138. The summed E-state index contributed by atoms with van der Waals surface area (Å²) in [6.45, 7) is 3.59. The number of rotatable bonds is 5. The summed E-state index contributed by atoms with van der Waals surface area (Å²) >= 11 is 0. The van der Waals surface area contributed by atoms with Crippen LogP contribution in [0.3, 0.4) is 0 Å². The Bertz CT molecular complexity index is 1140. The van der Waals surface area contributed by atoms with E-state index in [1.807, 2.05) is 53.5 Å². The lowest BCUT2D eigenvalue weighted by molar-refractivity contribution is 0.161. The van der Waals surface area contributed by atoms with E-state index in [4.69, 9.17) is 4.98 Å². The van der Waals surface area contributed by atoms with Crippen LogP contribution in [0.15, 0.2) is 59.8 Å². The fourth-order valence-corrected chi connectivity index (χ4v) is 4.01. The summed E-state index contributed by atoms with van der Waals surface area (Å²) in [5, 5.41) is 9.19. The maximum atomic E-state index is 12.5. The first kappa shape index (κ1) is 17.8. The Morgan fingerprint density at radius 2 is 1.90 bits per heavy atom. The number of benzene rings is 1. The van der Waals surface area contributed by atoms with Gasteiger partial charge in [0.25, 0.3) is 5.56 Å². The predicted molar refractivity (Wildman–Crippen MR) is 110 cm³/mol. The van der Waals surface area contributed by atoms with Gasteiger partial charge in [-0.2, -0.15) is 10.2 Å². The van der Waals surface area contributed by atoms with Gasteiger partial charge in [0.1, 0.15) is 11.2 Å². The smallest absolute Gasteiger partial charge is 0.262 e. The fraction of sp³-hybridized carbons (Fsp3) is 0.333. The van der Waals surface area contributed by atoms with Crippen LogP contribution >= 0.6 is 0 Å². The van der Waals surface area contributed by atoms with Crippen LogP contribution in [0.2, 0.25) is 0 Å². The molecule has 1 aliphatic rings. The maximum Gasteiger partial charge on any atom is 0.262 e. The number of aromatic amines is 1. The van der Waals surface area contributed by atoms with Crippen LogP contribution < -0.4 is 5.56 Å². The first-order valence-corrected chi connectivity index (χ1v) is 9.98. The number of aromatic nitrogens is 6. The number of nitrogens with zero attached hydrogens (tertiary/aromatic N) is 6. The first-order chi connectivity index (χ1) is 14.3. The monoisotopic (exact) mass is 389 g/mol. The van der Waals surface area contributed by atoms with Crippen molar-refractivity contribution < 1.29 is 0 Å². The highest BCUT2D eigenvalue weighted by molar-refractivity contribution is 5.75. The fourth-order valence-electron chi connectivity index (χ4n) is 4.01. The normalized spacial score (nSPS) is 15.9. The molecule has 0 unspecified atom stereocenters. The molecule has 0 amide bonds. The van der Waals surface area contributed by atoms with E-state index in [0.29, 0.717) is 29.3 Å². The Kier molecular flexibility index (Phi) is 4.69. The van der Waals surface area contributed by atoms with E-state index < -0.39 is 0 Å². The summed E-state index contributed by atoms with van der Waals surface area (Å²) in [5.41, 5.74) is 1.36. The minimum Gasteiger partial charge on any atom is -0.309 e. The quantitative estimate of drug-likeness (QED) is 0.566. The number of para-hydroxylation sites is 1. The zero-order chi connectivity index (χ0) is 19.6. The molecular formula is C21H23N7O. The van der Waals surface area contributed by atoms with Crippen LogP contribution in [0.5, 0.6) is 0 Å². The highest BCUT2D eigenvalue weighted by Crippen LogP contribution is 2.20. The molecule has 4 heterocycles. The largest absolute Gasteiger partial charge is 0.309 e. The molecule has 0 bridgehead atoms. The molecule has 0 spiro atoms. The second-order valence-corrected chi connectivity index (χ2v) is 7.59. The zero-order valence-electron chi connectivity index (χ0n) is 16.1. The van der Waals surface area contributed by atoms with Crippen molar-refractivity contribution in [3.05, 3.63) is 71.2 Å². The van der Waals surface area contributed by atoms with Crippen molar-refractivity contribution in [3.8, 4) is 5.69 Å². The van der Waals surface area contributed by atoms with Gasteiger partial charge in [0.2, 0.25) is 0 Å². The van der Waals surface area contributed by atoms with Crippen molar-refractivity contribution in [2.75, 3.05) is 13.1 Å². The Hall–Kier alpha value is -3.26. The minimum atomic E-state index is -0.138. The molecule has 1 aliphatic heterocycles. The van der Waals surface area contributed by atoms with Gasteiger partial charge >= 0.3 is 0 Å². The van der Waals surface area contributed by atoms with Crippen molar-refractivity contribution in [1.29, 1.82) is 0 Å². The van der Waals surface area contributed by atoms with E-state index in [0.717, 1.165) is 38.2 Å². The number of hydrogen-bond donors (Lipinski definition) is 1. The summed E-state index contributed by atoms with van der Waals surface area (Å²) in [6, 6.07) is 11.7. The molecule has 1 fully saturated rings. The van der Waals surface area contributed by atoms with Crippen LogP contribution in [0.25, 0.3) is 16.7 Å². The second kappa shape index (κ2) is 7.63. The van der Waals surface area contributed by atoms with Crippen LogP contribution in [-0.2, 0) is 13.1 Å². The Morgan fingerprint density at radius 3 is 2.66 bits per heavy atom. The molecule has 148 valence electrons. The molecule has 1 aromatic carbocycles. The predicted octanol–water partition coefficient (Wildman–Crippen LogP) is 2.22. The average molecular weight is 389 g/mol. The van der Waals surface area contributed by atoms with Crippen molar-refractivity contribution in [2.45, 2.75) is 25.9 Å². The number of piperidine rings is 1. The lowest BCUT2D eigenvalue weighted by Gasteiger charge is -2.31. The van der Waals surface area contributed by atoms with Gasteiger partial charge in [-0.25, -0.2) is 9.67 Å². The lowest BCUT2D eigenvalue weighted by Crippen LogP contribution is -2.35. The molecule has 29 heavy (non-hydrogen) atoms. The molecule has 0 aliphatic carbocycles. The van der Waals surface area contributed by atoms with Gasteiger partial charge in [-0.15, -0.1) is 0 Å². The van der Waals surface area contributed by atoms with E-state index >= 15 is 0 Å². The summed E-state index contributed by atoms with van der Waals surface area (Å²) < 4.78 is 3.74. The van der Waals surface area contributed by atoms with Crippen LogP contribution in [-0.4, -0.2) is 47.5 Å². The maximum absolute atomic E-state index is 12.5. The van der Waals surface area contributed by atoms with E-state index in [9.17, 15) is 4.79 Å². The van der Waals surface area contributed by atoms with Crippen LogP contribution in [0, 0.1) is 5.92 Å². The second-order valence-electron chi connectivity index (χ2n) is 7.59. The molecule has 0 radical (unpaired) electrons. The SMILES string of the molecule is O=c1[nH]c(CN2CCC(Cn3cccn3)CC2)nc2c1cnn2-c1ccccc1. The topological polar surface area (TPSA) is 84.6 Å². The Morgan fingerprint density at radius 1 is 1.07 bits per heavy atom. The lowest BCUT2D eigenvalue weighted by atomic mass is 9.97. The Balaban J connectivity index is 1.32. The number of likely N-dealkylation sites (tertiary alicyclic amines) is 1. The van der Waals surface area contributed by atoms with Crippen LogP contribution in [0.4, 0.5) is 0 Å². The summed E-state index contributed by atoms with van der Waals surface area (Å²) in [6.07, 6.45) is 7.67. The molecule has 8 heteroatoms. The number of H-pyrrole nitrogens is 1. The Labute approximate surface area is 167 Å². The van der Waals surface area contributed by atoms with Gasteiger partial charge in [0.15, 0.2) is 5.65 Å². The number of hydrogen-bond acceptors (Lipinski definition) is 5. The average Bonchev–Trinajstić information content (AvgIpc) is 3.40. The standard InChI is InChI=1S/C21H23N7O/c29-21-18-13-23-28(17-5-2-1-3-6-17)20(18)24-19(25-21)15-26-11-7-16(8-12-26)14-27-10-4-9-22-27/h1-6,9-10,13,16H,7-8,11-12,14-15H2,(H,24,25,29). The highest BCUT2D eigenvalue weighted by Gasteiger charge is 2.21. The molecule has 4 aromatic rings. The van der Waals surface area contributed by atoms with Gasteiger partial charge < -0.3 is 4.98 Å². The molecule has 5 rings (SSSR count). The van der Waals surface area contributed by atoms with Gasteiger partial charge in [-0.05, 0) is 50.0 Å².